The average molecular weight is 1250 g/mol. The third-order valence-corrected chi connectivity index (χ3v) is 19.0. The number of para-hydroxylation sites is 4. The molecule has 10 aromatic carbocycles. The molecule has 0 radical (unpaired) electrons. The molecule has 13 rings (SSSR count). The molecule has 1 aliphatic rings. The van der Waals surface area contributed by atoms with Gasteiger partial charge in [-0.05, 0) is 172 Å². The number of aromatic nitrogens is 3. The van der Waals surface area contributed by atoms with Crippen LogP contribution in [0.15, 0.2) is 243 Å². The maximum absolute atomic E-state index is 9.58. The summed E-state index contributed by atoms with van der Waals surface area (Å²) in [6.07, 6.45) is 4.11. The minimum absolute atomic E-state index is 0.135. The molecule has 0 spiro atoms. The Morgan fingerprint density at radius 1 is 0.358 bits per heavy atom. The molecule has 0 unspecified atom stereocenters. The Kier molecular flexibility index (Phi) is 14.5. The zero-order valence-corrected chi connectivity index (χ0v) is 58.9. The fraction of sp³-hybridized carbons (Fsp3) is 0.267. The SMILES string of the molecule is [2H]c1c([2H])c([2H])c(-c2cccc(-c3cc(C(C)(C)C)cc(C(C)(C)C)c3)c2-[n+]2cn(-c3cc(N(c4cc(C(C)(C)C)cc(C(C)(C)C)c4)c4ccc5c(c4)N(c4cc(C(C)(C)C)ccn4)c4ccccc4-c4cc(-c6ccccc6)ccc4-5)cc(C(C)(C)C)c3)c3ccccc32)c([2H])c1[2H]. The molecule has 0 saturated heterocycles. The monoisotopic (exact) mass is 1250 g/mol. The van der Waals surface area contributed by atoms with Crippen LogP contribution < -0.4 is 14.4 Å². The quantitative estimate of drug-likeness (QED) is 0.135. The van der Waals surface area contributed by atoms with Gasteiger partial charge in [-0.3, -0.25) is 4.90 Å². The minimum atomic E-state index is -0.434. The number of nitrogens with zero attached hydrogens (tertiary/aromatic N) is 5. The Morgan fingerprint density at radius 2 is 0.884 bits per heavy atom. The zero-order valence-electron chi connectivity index (χ0n) is 63.9. The van der Waals surface area contributed by atoms with Gasteiger partial charge in [-0.15, -0.1) is 0 Å². The molecule has 0 amide bonds. The Balaban J connectivity index is 1.12. The summed E-state index contributed by atoms with van der Waals surface area (Å²) >= 11 is 0. The molecule has 1 aliphatic heterocycles. The second-order valence-corrected chi connectivity index (χ2v) is 32.3. The second-order valence-electron chi connectivity index (χ2n) is 32.3. The largest absolute Gasteiger partial charge is 0.310 e. The molecule has 0 fully saturated rings. The van der Waals surface area contributed by atoms with Crippen molar-refractivity contribution in [3.05, 3.63) is 276 Å². The van der Waals surface area contributed by atoms with E-state index in [4.69, 9.17) is 9.10 Å². The van der Waals surface area contributed by atoms with Crippen molar-refractivity contribution >= 4 is 45.3 Å². The normalized spacial score (nSPS) is 13.7. The summed E-state index contributed by atoms with van der Waals surface area (Å²) in [4.78, 5) is 10.2. The summed E-state index contributed by atoms with van der Waals surface area (Å²) in [5.41, 5.74) is 23.2. The highest BCUT2D eigenvalue weighted by Gasteiger charge is 2.34. The summed E-state index contributed by atoms with van der Waals surface area (Å²) in [5.74, 6) is 0.823. The number of hydrogen-bond donors (Lipinski definition) is 0. The molecular formula is C90H94N5+. The first kappa shape index (κ1) is 58.0. The topological polar surface area (TPSA) is 28.2 Å². The number of benzene rings is 10. The standard InChI is InChI=1S/C90H94N5/c1-85(2,3)63-44-45-91-83(55-63)95-79-37-26-25-34-76(79)78-48-61(59-30-21-19-22-31-59)40-42-75(78)77-43-41-69(57-82(77)95)94(71-52-66(88(10,11)12)50-67(53-71)89(13,14)15)72-54-68(90(16,17)18)51-70(56-72)92-58-93(81-39-28-27-38-80(81)92)84-73(60-32-23-20-24-33-60)35-29-36-74(84)62-46-64(86(4,5)6)49-65(47-62)87(7,8)9/h19-58H,1-18H3/q+1/i20D,23D,24D,32D,33D. The first-order valence-electron chi connectivity index (χ1n) is 36.2. The number of hydrogen-bond acceptors (Lipinski definition) is 3. The fourth-order valence-electron chi connectivity index (χ4n) is 13.3. The molecule has 0 aliphatic carbocycles. The van der Waals surface area contributed by atoms with Gasteiger partial charge < -0.3 is 4.90 Å². The van der Waals surface area contributed by atoms with Gasteiger partial charge in [0.25, 0.3) is 6.33 Å². The molecule has 0 bridgehead atoms. The fourth-order valence-corrected chi connectivity index (χ4v) is 13.3. The van der Waals surface area contributed by atoms with Gasteiger partial charge >= 0.3 is 0 Å². The van der Waals surface area contributed by atoms with Gasteiger partial charge in [0.2, 0.25) is 0 Å². The van der Waals surface area contributed by atoms with Gasteiger partial charge in [0.05, 0.1) is 23.9 Å². The molecule has 12 aromatic rings. The predicted molar refractivity (Wildman–Crippen MR) is 405 cm³/mol. The molecule has 95 heavy (non-hydrogen) atoms. The van der Waals surface area contributed by atoms with Gasteiger partial charge in [0.1, 0.15) is 17.2 Å². The lowest BCUT2D eigenvalue weighted by atomic mass is 9.78. The molecule has 0 atom stereocenters. The van der Waals surface area contributed by atoms with Crippen molar-refractivity contribution in [2.75, 3.05) is 9.80 Å². The Morgan fingerprint density at radius 3 is 1.52 bits per heavy atom. The second kappa shape index (κ2) is 23.7. The summed E-state index contributed by atoms with van der Waals surface area (Å²) in [5, 5.41) is 0. The zero-order chi connectivity index (χ0) is 71.7. The number of imidazole rings is 1. The third-order valence-electron chi connectivity index (χ3n) is 19.0. The third kappa shape index (κ3) is 12.5. The van der Waals surface area contributed by atoms with E-state index in [-0.39, 0.29) is 62.2 Å². The molecule has 5 heteroatoms. The van der Waals surface area contributed by atoms with E-state index in [0.29, 0.717) is 11.3 Å². The summed E-state index contributed by atoms with van der Waals surface area (Å²) in [6.45, 7) is 40.9. The first-order chi connectivity index (χ1) is 46.9. The molecule has 0 N–H and O–H groups in total. The summed E-state index contributed by atoms with van der Waals surface area (Å²) < 4.78 is 50.5. The summed E-state index contributed by atoms with van der Waals surface area (Å²) in [7, 11) is 0. The minimum Gasteiger partial charge on any atom is -0.310 e. The summed E-state index contributed by atoms with van der Waals surface area (Å²) in [6, 6.07) is 71.5. The lowest BCUT2D eigenvalue weighted by molar-refractivity contribution is -0.566. The number of rotatable bonds is 9. The Bertz CT molecular complexity index is 5120. The van der Waals surface area contributed by atoms with E-state index in [1.807, 2.05) is 18.3 Å². The van der Waals surface area contributed by atoms with Crippen LogP contribution in [0.1, 0.15) is 165 Å². The lowest BCUT2D eigenvalue weighted by Gasteiger charge is -2.33. The number of anilines is 6. The first-order valence-corrected chi connectivity index (χ1v) is 33.7. The van der Waals surface area contributed by atoms with Crippen LogP contribution in [0.2, 0.25) is 0 Å². The maximum atomic E-state index is 9.58. The molecule has 3 heterocycles. The van der Waals surface area contributed by atoms with Crippen LogP contribution in [0.5, 0.6) is 0 Å². The van der Waals surface area contributed by atoms with Crippen molar-refractivity contribution in [1.82, 2.24) is 9.55 Å². The van der Waals surface area contributed by atoms with Crippen molar-refractivity contribution in [3.8, 4) is 67.0 Å². The highest BCUT2D eigenvalue weighted by molar-refractivity contribution is 6.04. The van der Waals surface area contributed by atoms with Crippen LogP contribution in [-0.2, 0) is 32.5 Å². The molecule has 5 nitrogen and oxygen atoms in total. The van der Waals surface area contributed by atoms with Crippen LogP contribution in [0, 0.1) is 0 Å². The highest BCUT2D eigenvalue weighted by atomic mass is 15.2. The van der Waals surface area contributed by atoms with Crippen molar-refractivity contribution in [2.45, 2.75) is 157 Å². The van der Waals surface area contributed by atoms with Crippen LogP contribution in [-0.4, -0.2) is 9.55 Å². The maximum Gasteiger partial charge on any atom is 0.255 e. The van der Waals surface area contributed by atoms with E-state index in [0.717, 1.165) is 101 Å². The Labute approximate surface area is 573 Å². The van der Waals surface area contributed by atoms with Crippen molar-refractivity contribution in [1.29, 1.82) is 0 Å². The van der Waals surface area contributed by atoms with Crippen molar-refractivity contribution in [2.24, 2.45) is 0 Å². The van der Waals surface area contributed by atoms with E-state index in [2.05, 4.69) is 338 Å². The van der Waals surface area contributed by atoms with Crippen molar-refractivity contribution in [3.63, 3.8) is 0 Å². The van der Waals surface area contributed by atoms with Gasteiger partial charge in [-0.25, -0.2) is 4.98 Å². The smallest absolute Gasteiger partial charge is 0.255 e. The van der Waals surface area contributed by atoms with Gasteiger partial charge in [0, 0.05) is 45.9 Å². The molecule has 2 aromatic heterocycles. The predicted octanol–water partition coefficient (Wildman–Crippen LogP) is 24.7. The average Bonchev–Trinajstić information content (AvgIpc) is 1.42. The molecule has 0 saturated carbocycles. The van der Waals surface area contributed by atoms with E-state index >= 15 is 0 Å². The number of pyridine rings is 1. The molecule has 478 valence electrons. The van der Waals surface area contributed by atoms with Crippen molar-refractivity contribution < 1.29 is 11.4 Å². The van der Waals surface area contributed by atoms with Gasteiger partial charge in [-0.1, -0.05) is 276 Å². The van der Waals surface area contributed by atoms with Crippen LogP contribution in [0.25, 0.3) is 78.0 Å². The Hall–Kier alpha value is -9.58. The number of fused-ring (bicyclic) bond motifs is 6. The highest BCUT2D eigenvalue weighted by Crippen LogP contribution is 2.54. The van der Waals surface area contributed by atoms with E-state index < -0.39 is 6.04 Å². The molecular weight excluding hydrogens is 1150 g/mol. The van der Waals surface area contributed by atoms with Gasteiger partial charge in [-0.2, -0.15) is 9.13 Å². The van der Waals surface area contributed by atoms with Crippen LogP contribution in [0.4, 0.5) is 34.3 Å². The van der Waals surface area contributed by atoms with E-state index in [1.165, 1.54) is 27.8 Å². The van der Waals surface area contributed by atoms with Crippen LogP contribution in [0.3, 0.4) is 0 Å². The lowest BCUT2D eigenvalue weighted by Crippen LogP contribution is -2.31. The van der Waals surface area contributed by atoms with E-state index in [9.17, 15) is 2.74 Å². The van der Waals surface area contributed by atoms with Gasteiger partial charge in [0.15, 0.2) is 11.0 Å². The van der Waals surface area contributed by atoms with E-state index in [1.54, 1.807) is 0 Å². The van der Waals surface area contributed by atoms with Crippen LogP contribution >= 0.6 is 0 Å².